The van der Waals surface area contributed by atoms with Gasteiger partial charge in [-0.15, -0.1) is 0 Å². The molecule has 0 aromatic carbocycles. The molecule has 0 aliphatic carbocycles. The average Bonchev–Trinajstić information content (AvgIpc) is 2.51. The number of nitrogens with one attached hydrogen (secondary N) is 1. The van der Waals surface area contributed by atoms with Gasteiger partial charge in [0.05, 0.1) is 6.61 Å². The van der Waals surface area contributed by atoms with E-state index in [4.69, 9.17) is 14.6 Å². The summed E-state index contributed by atoms with van der Waals surface area (Å²) in [5.74, 6) is 0. The molecule has 0 bridgehead atoms. The topological polar surface area (TPSA) is 148 Å². The summed E-state index contributed by atoms with van der Waals surface area (Å²) in [6.45, 7) is 1.79. The van der Waals surface area contributed by atoms with E-state index in [1.54, 1.807) is 4.72 Å². The molecule has 0 unspecified atom stereocenters. The molecule has 1 aliphatic rings. The molecule has 25 heavy (non-hydrogen) atoms. The van der Waals surface area contributed by atoms with E-state index in [1.165, 1.54) is 6.42 Å². The van der Waals surface area contributed by atoms with E-state index in [9.17, 15) is 23.2 Å². The van der Waals surface area contributed by atoms with Crippen LogP contribution in [-0.4, -0.2) is 72.1 Å². The van der Waals surface area contributed by atoms with E-state index < -0.39 is 47.6 Å². The van der Waals surface area contributed by atoms with Crippen molar-refractivity contribution in [3.05, 3.63) is 0 Å². The van der Waals surface area contributed by atoms with Crippen LogP contribution < -0.4 is 34.3 Å². The normalized spacial score (nSPS) is 30.0. The van der Waals surface area contributed by atoms with Gasteiger partial charge >= 0.3 is 29.6 Å². The van der Waals surface area contributed by atoms with Crippen LogP contribution in [0.2, 0.25) is 0 Å². The van der Waals surface area contributed by atoms with Crippen LogP contribution in [0.25, 0.3) is 0 Å². The van der Waals surface area contributed by atoms with Gasteiger partial charge in [-0.05, 0) is 6.42 Å². The zero-order valence-electron chi connectivity index (χ0n) is 14.8. The van der Waals surface area contributed by atoms with Crippen LogP contribution in [0.15, 0.2) is 0 Å². The summed E-state index contributed by atoms with van der Waals surface area (Å²) in [5, 5.41) is 28.9. The van der Waals surface area contributed by atoms with Crippen molar-refractivity contribution < 1.29 is 67.3 Å². The fourth-order valence-electron chi connectivity index (χ4n) is 2.60. The van der Waals surface area contributed by atoms with Gasteiger partial charge in [0.2, 0.25) is 0 Å². The third-order valence-electron chi connectivity index (χ3n) is 3.94. The fourth-order valence-corrected chi connectivity index (χ4v) is 3.18. The number of hydrogen-bond acceptors (Lipinski definition) is 8. The Morgan fingerprint density at radius 1 is 1.12 bits per heavy atom. The second-order valence-electron chi connectivity index (χ2n) is 5.94. The first-order valence-corrected chi connectivity index (χ1v) is 9.68. The van der Waals surface area contributed by atoms with E-state index in [2.05, 4.69) is 6.92 Å². The molecule has 1 aliphatic heterocycles. The van der Waals surface area contributed by atoms with Gasteiger partial charge in [0, 0.05) is 6.61 Å². The molecule has 5 atom stereocenters. The molecule has 0 saturated carbocycles. The molecule has 4 N–H and O–H groups in total. The predicted molar refractivity (Wildman–Crippen MR) is 83.7 cm³/mol. The SMILES string of the molecule is CCCCCCCCO[C@@H]1O[C@H](CO)[C@@H](O)[C@H](O)[C@H]1NS(=O)(=O)[O-].[Na+]. The second-order valence-corrected chi connectivity index (χ2v) is 7.09. The van der Waals surface area contributed by atoms with Crippen molar-refractivity contribution in [2.75, 3.05) is 13.2 Å². The minimum Gasteiger partial charge on any atom is -0.735 e. The molecule has 9 nitrogen and oxygen atoms in total. The molecule has 0 amide bonds. The number of unbranched alkanes of at least 4 members (excludes halogenated alkanes) is 5. The first-order chi connectivity index (χ1) is 11.3. The van der Waals surface area contributed by atoms with E-state index in [0.717, 1.165) is 25.7 Å². The van der Waals surface area contributed by atoms with Gasteiger partial charge in [-0.1, -0.05) is 39.0 Å². The smallest absolute Gasteiger partial charge is 0.735 e. The van der Waals surface area contributed by atoms with Crippen LogP contribution in [-0.2, 0) is 19.8 Å². The summed E-state index contributed by atoms with van der Waals surface area (Å²) in [6, 6.07) is -1.44. The van der Waals surface area contributed by atoms with Crippen molar-refractivity contribution >= 4 is 10.3 Å². The Labute approximate surface area is 171 Å². The van der Waals surface area contributed by atoms with Crippen LogP contribution in [0.3, 0.4) is 0 Å². The number of rotatable bonds is 11. The average molecular weight is 393 g/mol. The summed E-state index contributed by atoms with van der Waals surface area (Å²) in [6.07, 6.45) is 0.586. The minimum atomic E-state index is -4.88. The van der Waals surface area contributed by atoms with Crippen LogP contribution in [0.4, 0.5) is 0 Å². The molecule has 0 aromatic heterocycles. The maximum atomic E-state index is 10.9. The number of aliphatic hydroxyl groups excluding tert-OH is 3. The fraction of sp³-hybridized carbons (Fsp3) is 1.00. The van der Waals surface area contributed by atoms with E-state index >= 15 is 0 Å². The second kappa shape index (κ2) is 12.9. The molecule has 1 fully saturated rings. The van der Waals surface area contributed by atoms with Gasteiger partial charge in [0.1, 0.15) is 24.4 Å². The standard InChI is InChI=1S/C14H29NO8S.Na/c1-2-3-4-5-6-7-8-22-14-11(15-24(19,20)21)13(18)12(17)10(9-16)23-14;/h10-18H,2-9H2,1H3,(H,19,20,21);/q;+1/p-1/t10-,11-,12-,13-,14-;/m1./s1. The van der Waals surface area contributed by atoms with Crippen molar-refractivity contribution in [1.29, 1.82) is 0 Å². The monoisotopic (exact) mass is 393 g/mol. The molecule has 0 radical (unpaired) electrons. The quantitative estimate of drug-likeness (QED) is 0.159. The summed E-state index contributed by atoms with van der Waals surface area (Å²) in [4.78, 5) is 0. The molecule has 1 saturated heterocycles. The third kappa shape index (κ3) is 9.43. The molecule has 11 heteroatoms. The summed E-state index contributed by atoms with van der Waals surface area (Å²) in [5.41, 5.74) is 0. The van der Waals surface area contributed by atoms with Crippen LogP contribution in [0.5, 0.6) is 0 Å². The van der Waals surface area contributed by atoms with E-state index in [-0.39, 0.29) is 36.2 Å². The number of ether oxygens (including phenoxy) is 2. The molecule has 0 aromatic rings. The van der Waals surface area contributed by atoms with E-state index in [0.29, 0.717) is 6.42 Å². The Morgan fingerprint density at radius 3 is 2.28 bits per heavy atom. The largest absolute Gasteiger partial charge is 1.00 e. The molecular formula is C14H28NNaO8S. The maximum absolute atomic E-state index is 10.9. The van der Waals surface area contributed by atoms with Crippen LogP contribution in [0, 0.1) is 0 Å². The van der Waals surface area contributed by atoms with Gasteiger partial charge in [-0.3, -0.25) is 0 Å². The van der Waals surface area contributed by atoms with Gasteiger partial charge in [0.25, 0.3) is 0 Å². The number of aliphatic hydroxyl groups is 3. The summed E-state index contributed by atoms with van der Waals surface area (Å²) < 4.78 is 45.1. The Morgan fingerprint density at radius 2 is 1.72 bits per heavy atom. The van der Waals surface area contributed by atoms with Crippen molar-refractivity contribution in [3.8, 4) is 0 Å². The van der Waals surface area contributed by atoms with Gasteiger partial charge in [0.15, 0.2) is 16.6 Å². The minimum absolute atomic E-state index is 0. The zero-order valence-corrected chi connectivity index (χ0v) is 17.7. The third-order valence-corrected chi connectivity index (χ3v) is 4.50. The van der Waals surface area contributed by atoms with Gasteiger partial charge < -0.3 is 29.3 Å². The van der Waals surface area contributed by atoms with Gasteiger partial charge in [-0.2, -0.15) is 0 Å². The van der Waals surface area contributed by atoms with Crippen molar-refractivity contribution in [2.24, 2.45) is 0 Å². The molecule has 0 spiro atoms. The van der Waals surface area contributed by atoms with E-state index in [1.807, 2.05) is 0 Å². The first-order valence-electron chi connectivity index (χ1n) is 8.27. The Balaban J connectivity index is 0.00000576. The Kier molecular flexibility index (Phi) is 13.3. The molecule has 144 valence electrons. The first kappa shape index (κ1) is 25.7. The van der Waals surface area contributed by atoms with Crippen molar-refractivity contribution in [3.63, 3.8) is 0 Å². The molecular weight excluding hydrogens is 365 g/mol. The van der Waals surface area contributed by atoms with Gasteiger partial charge in [-0.25, -0.2) is 13.1 Å². The molecule has 1 rings (SSSR count). The number of hydrogen-bond donors (Lipinski definition) is 4. The summed E-state index contributed by atoms with van der Waals surface area (Å²) >= 11 is 0. The molecule has 1 heterocycles. The van der Waals surface area contributed by atoms with Crippen LogP contribution >= 0.6 is 0 Å². The predicted octanol–water partition coefficient (Wildman–Crippen LogP) is -3.78. The van der Waals surface area contributed by atoms with Crippen LogP contribution in [0.1, 0.15) is 45.4 Å². The van der Waals surface area contributed by atoms with Crippen molar-refractivity contribution in [2.45, 2.75) is 76.1 Å². The van der Waals surface area contributed by atoms with Crippen molar-refractivity contribution in [1.82, 2.24) is 4.72 Å². The summed E-state index contributed by atoms with van der Waals surface area (Å²) in [7, 11) is -4.88. The Bertz CT molecular complexity index is 452. The zero-order chi connectivity index (χ0) is 18.2. The Hall–Kier alpha value is 0.670. The maximum Gasteiger partial charge on any atom is 1.00 e.